The van der Waals surface area contributed by atoms with Crippen LogP contribution in [0, 0.1) is 12.8 Å². The van der Waals surface area contributed by atoms with Crippen molar-refractivity contribution in [1.82, 2.24) is 10.2 Å². The van der Waals surface area contributed by atoms with Gasteiger partial charge in [-0.25, -0.2) is 0 Å². The van der Waals surface area contributed by atoms with Crippen molar-refractivity contribution in [2.75, 3.05) is 6.54 Å². The summed E-state index contributed by atoms with van der Waals surface area (Å²) in [6.45, 7) is 15.8. The number of carbonyl (C=O) groups is 2. The first-order valence-electron chi connectivity index (χ1n) is 12.2. The molecule has 2 aromatic rings. The largest absolute Gasteiger partial charge is 0.354 e. The predicted octanol–water partition coefficient (Wildman–Crippen LogP) is 5.80. The summed E-state index contributed by atoms with van der Waals surface area (Å²) in [5.74, 6) is 0.313. The SMILES string of the molecule is CC[C@@H](C(=O)NCC(C)C)N(Cc1cccc(C)c1)C(=O)CCc1ccc(C(C)(C)C)cc1. The highest BCUT2D eigenvalue weighted by Gasteiger charge is 2.28. The number of nitrogens with one attached hydrogen (secondary N) is 1. The fourth-order valence-corrected chi connectivity index (χ4v) is 3.92. The van der Waals surface area contributed by atoms with Gasteiger partial charge in [-0.2, -0.15) is 0 Å². The van der Waals surface area contributed by atoms with Crippen LogP contribution >= 0.6 is 0 Å². The summed E-state index contributed by atoms with van der Waals surface area (Å²) < 4.78 is 0. The Hall–Kier alpha value is -2.62. The van der Waals surface area contributed by atoms with Gasteiger partial charge in [0.05, 0.1) is 0 Å². The molecular weight excluding hydrogens is 408 g/mol. The summed E-state index contributed by atoms with van der Waals surface area (Å²) >= 11 is 0. The molecule has 0 spiro atoms. The molecule has 0 saturated carbocycles. The van der Waals surface area contributed by atoms with Gasteiger partial charge < -0.3 is 10.2 Å². The van der Waals surface area contributed by atoms with Crippen LogP contribution in [0.15, 0.2) is 48.5 Å². The lowest BCUT2D eigenvalue weighted by molar-refractivity contribution is -0.141. The lowest BCUT2D eigenvalue weighted by Crippen LogP contribution is -2.49. The third-order valence-electron chi connectivity index (χ3n) is 5.95. The normalized spacial score (nSPS) is 12.5. The molecule has 0 aliphatic rings. The monoisotopic (exact) mass is 450 g/mol. The van der Waals surface area contributed by atoms with Crippen molar-refractivity contribution in [2.24, 2.45) is 5.92 Å². The molecule has 0 aliphatic heterocycles. The fraction of sp³-hybridized carbons (Fsp3) is 0.517. The van der Waals surface area contributed by atoms with Gasteiger partial charge in [-0.3, -0.25) is 9.59 Å². The molecule has 0 radical (unpaired) electrons. The molecule has 0 aromatic heterocycles. The van der Waals surface area contributed by atoms with Crippen molar-refractivity contribution < 1.29 is 9.59 Å². The van der Waals surface area contributed by atoms with Gasteiger partial charge in [-0.15, -0.1) is 0 Å². The summed E-state index contributed by atoms with van der Waals surface area (Å²) in [7, 11) is 0. The summed E-state index contributed by atoms with van der Waals surface area (Å²) in [6.07, 6.45) is 1.63. The molecule has 180 valence electrons. The van der Waals surface area contributed by atoms with Crippen LogP contribution in [0.5, 0.6) is 0 Å². The van der Waals surface area contributed by atoms with E-state index in [1.54, 1.807) is 4.90 Å². The third-order valence-corrected chi connectivity index (χ3v) is 5.95. The maximum atomic E-state index is 13.4. The van der Waals surface area contributed by atoms with Crippen molar-refractivity contribution >= 4 is 11.8 Å². The van der Waals surface area contributed by atoms with Crippen molar-refractivity contribution in [3.8, 4) is 0 Å². The molecule has 1 N–H and O–H groups in total. The van der Waals surface area contributed by atoms with Crippen molar-refractivity contribution in [1.29, 1.82) is 0 Å². The van der Waals surface area contributed by atoms with Crippen molar-refractivity contribution in [3.05, 3.63) is 70.8 Å². The highest BCUT2D eigenvalue weighted by Crippen LogP contribution is 2.23. The molecule has 2 aromatic carbocycles. The maximum Gasteiger partial charge on any atom is 0.242 e. The molecule has 0 bridgehead atoms. The number of carbonyl (C=O) groups excluding carboxylic acids is 2. The molecular formula is C29H42N2O2. The first-order chi connectivity index (χ1) is 15.5. The molecule has 0 saturated heterocycles. The van der Waals surface area contributed by atoms with Crippen LogP contribution in [0.1, 0.15) is 76.6 Å². The second kappa shape index (κ2) is 12.0. The van der Waals surface area contributed by atoms with E-state index in [-0.39, 0.29) is 17.2 Å². The number of hydrogen-bond acceptors (Lipinski definition) is 2. The number of benzene rings is 2. The molecule has 4 nitrogen and oxygen atoms in total. The molecule has 2 amide bonds. The van der Waals surface area contributed by atoms with E-state index < -0.39 is 6.04 Å². The van der Waals surface area contributed by atoms with Gasteiger partial charge in [0.15, 0.2) is 0 Å². The van der Waals surface area contributed by atoms with Crippen LogP contribution in [0.2, 0.25) is 0 Å². The number of hydrogen-bond donors (Lipinski definition) is 1. The predicted molar refractivity (Wildman–Crippen MR) is 137 cm³/mol. The summed E-state index contributed by atoms with van der Waals surface area (Å²) in [6, 6.07) is 16.2. The first kappa shape index (κ1) is 26.6. The average Bonchev–Trinajstić information content (AvgIpc) is 2.75. The Morgan fingerprint density at radius 1 is 1.00 bits per heavy atom. The van der Waals surface area contributed by atoms with Crippen LogP contribution < -0.4 is 5.32 Å². The van der Waals surface area contributed by atoms with E-state index in [1.165, 1.54) is 5.56 Å². The lowest BCUT2D eigenvalue weighted by Gasteiger charge is -2.31. The minimum Gasteiger partial charge on any atom is -0.354 e. The zero-order valence-corrected chi connectivity index (χ0v) is 21.6. The van der Waals surface area contributed by atoms with Crippen molar-refractivity contribution in [2.45, 2.75) is 85.7 Å². The Balaban J connectivity index is 2.18. The zero-order valence-electron chi connectivity index (χ0n) is 21.6. The van der Waals surface area contributed by atoms with E-state index in [0.717, 1.165) is 16.7 Å². The summed E-state index contributed by atoms with van der Waals surface area (Å²) in [5, 5.41) is 3.03. The van der Waals surface area contributed by atoms with E-state index in [1.807, 2.05) is 32.0 Å². The van der Waals surface area contributed by atoms with Crippen LogP contribution in [0.25, 0.3) is 0 Å². The number of amides is 2. The zero-order chi connectivity index (χ0) is 24.6. The molecule has 0 fully saturated rings. The Morgan fingerprint density at radius 3 is 2.21 bits per heavy atom. The number of rotatable bonds is 10. The molecule has 2 rings (SSSR count). The highest BCUT2D eigenvalue weighted by molar-refractivity contribution is 5.87. The molecule has 0 unspecified atom stereocenters. The molecule has 33 heavy (non-hydrogen) atoms. The minimum absolute atomic E-state index is 0.0166. The second-order valence-corrected chi connectivity index (χ2v) is 10.5. The van der Waals surface area contributed by atoms with Crippen LogP contribution in [0.3, 0.4) is 0 Å². The highest BCUT2D eigenvalue weighted by atomic mass is 16.2. The van der Waals surface area contributed by atoms with Gasteiger partial charge in [0.25, 0.3) is 0 Å². The van der Waals surface area contributed by atoms with Crippen LogP contribution in [0.4, 0.5) is 0 Å². The molecule has 0 aliphatic carbocycles. The topological polar surface area (TPSA) is 49.4 Å². The third kappa shape index (κ3) is 8.34. The van der Waals surface area contributed by atoms with Crippen LogP contribution in [-0.4, -0.2) is 29.3 Å². The fourth-order valence-electron chi connectivity index (χ4n) is 3.92. The van der Waals surface area contributed by atoms with Gasteiger partial charge >= 0.3 is 0 Å². The molecule has 0 heterocycles. The first-order valence-corrected chi connectivity index (χ1v) is 12.2. The van der Waals surface area contributed by atoms with E-state index >= 15 is 0 Å². The Morgan fingerprint density at radius 2 is 1.67 bits per heavy atom. The van der Waals surface area contributed by atoms with Crippen molar-refractivity contribution in [3.63, 3.8) is 0 Å². The van der Waals surface area contributed by atoms with E-state index in [0.29, 0.717) is 38.3 Å². The van der Waals surface area contributed by atoms with E-state index in [2.05, 4.69) is 70.3 Å². The maximum absolute atomic E-state index is 13.4. The standard InChI is InChI=1S/C29H42N2O2/c1-8-26(28(33)30-19-21(2)3)31(20-24-11-9-10-22(4)18-24)27(32)17-14-23-12-15-25(16-13-23)29(5,6)7/h9-13,15-16,18,21,26H,8,14,17,19-20H2,1-7H3,(H,30,33)/t26-/m0/s1. The Kier molecular flexibility index (Phi) is 9.70. The van der Waals surface area contributed by atoms with E-state index in [4.69, 9.17) is 0 Å². The van der Waals surface area contributed by atoms with Gasteiger partial charge in [-0.1, -0.05) is 95.6 Å². The smallest absolute Gasteiger partial charge is 0.242 e. The van der Waals surface area contributed by atoms with Crippen LogP contribution in [-0.2, 0) is 28.0 Å². The lowest BCUT2D eigenvalue weighted by atomic mass is 9.86. The molecule has 4 heteroatoms. The Labute approximate surface area is 200 Å². The average molecular weight is 451 g/mol. The number of nitrogens with zero attached hydrogens (tertiary/aromatic N) is 1. The molecule has 1 atom stereocenters. The van der Waals surface area contributed by atoms with Gasteiger partial charge in [0.2, 0.25) is 11.8 Å². The van der Waals surface area contributed by atoms with Gasteiger partial charge in [0, 0.05) is 19.5 Å². The summed E-state index contributed by atoms with van der Waals surface area (Å²) in [5.41, 5.74) is 4.73. The van der Waals surface area contributed by atoms with Gasteiger partial charge in [0.1, 0.15) is 6.04 Å². The second-order valence-electron chi connectivity index (χ2n) is 10.5. The Bertz CT molecular complexity index is 910. The number of aryl methyl sites for hydroxylation is 2. The summed E-state index contributed by atoms with van der Waals surface area (Å²) in [4.78, 5) is 28.2. The minimum atomic E-state index is -0.472. The van der Waals surface area contributed by atoms with Gasteiger partial charge in [-0.05, 0) is 47.8 Å². The quantitative estimate of drug-likeness (QED) is 0.497. The van der Waals surface area contributed by atoms with E-state index in [9.17, 15) is 9.59 Å².